The molecule has 0 spiro atoms. The summed E-state index contributed by atoms with van der Waals surface area (Å²) < 4.78 is 5.21. The van der Waals surface area contributed by atoms with Gasteiger partial charge in [0.05, 0.1) is 12.7 Å². The van der Waals surface area contributed by atoms with Gasteiger partial charge in [-0.15, -0.1) is 0 Å². The molecule has 1 heterocycles. The van der Waals surface area contributed by atoms with Crippen molar-refractivity contribution < 1.29 is 14.3 Å². The van der Waals surface area contributed by atoms with Gasteiger partial charge in [0.25, 0.3) is 0 Å². The van der Waals surface area contributed by atoms with Crippen molar-refractivity contribution in [2.75, 3.05) is 14.2 Å². The first-order valence-electron chi connectivity index (χ1n) is 11.2. The zero-order valence-corrected chi connectivity index (χ0v) is 19.6. The Hall–Kier alpha value is -3.14. The minimum absolute atomic E-state index is 0.104. The average Bonchev–Trinajstić information content (AvgIpc) is 2.79. The van der Waals surface area contributed by atoms with E-state index in [2.05, 4.69) is 43.0 Å². The number of carbonyl (C=O) groups excluding carboxylic acids is 2. The third-order valence-electron chi connectivity index (χ3n) is 6.69. The van der Waals surface area contributed by atoms with Crippen molar-refractivity contribution in [3.8, 4) is 11.1 Å². The number of benzene rings is 2. The van der Waals surface area contributed by atoms with E-state index in [-0.39, 0.29) is 17.2 Å². The molecular weight excluding hydrogens is 398 g/mol. The second-order valence-corrected chi connectivity index (χ2v) is 9.49. The second kappa shape index (κ2) is 8.42. The third kappa shape index (κ3) is 3.79. The Bertz CT molecular complexity index is 1110. The van der Waals surface area contributed by atoms with E-state index in [0.717, 1.165) is 40.1 Å². The molecule has 0 saturated heterocycles. The van der Waals surface area contributed by atoms with Gasteiger partial charge in [0.1, 0.15) is 0 Å². The average molecular weight is 430 g/mol. The van der Waals surface area contributed by atoms with Crippen molar-refractivity contribution in [3.05, 3.63) is 82.7 Å². The van der Waals surface area contributed by atoms with Gasteiger partial charge < -0.3 is 9.64 Å². The molecule has 2 aromatic carbocycles. The summed E-state index contributed by atoms with van der Waals surface area (Å²) in [6.07, 6.45) is 1.97. The molecule has 166 valence electrons. The Balaban J connectivity index is 1.89. The van der Waals surface area contributed by atoms with Gasteiger partial charge in [0, 0.05) is 36.4 Å². The number of Topliss-reactive ketones (excluding diaryl/α,β-unsaturated/α-hetero) is 1. The van der Waals surface area contributed by atoms with E-state index in [1.807, 2.05) is 44.3 Å². The van der Waals surface area contributed by atoms with Gasteiger partial charge in [-0.05, 0) is 34.9 Å². The van der Waals surface area contributed by atoms with Crippen LogP contribution in [0, 0.1) is 5.41 Å². The fourth-order valence-corrected chi connectivity index (χ4v) is 5.19. The molecular formula is C28H31NO3. The Labute approximate surface area is 190 Å². The number of ether oxygens (including phenoxy) is 1. The first-order valence-corrected chi connectivity index (χ1v) is 11.2. The van der Waals surface area contributed by atoms with E-state index in [0.29, 0.717) is 18.4 Å². The molecule has 0 radical (unpaired) electrons. The van der Waals surface area contributed by atoms with Gasteiger partial charge in [-0.3, -0.25) is 4.79 Å². The highest BCUT2D eigenvalue weighted by atomic mass is 16.5. The van der Waals surface area contributed by atoms with Crippen LogP contribution in [0.15, 0.2) is 77.1 Å². The summed E-state index contributed by atoms with van der Waals surface area (Å²) in [5.74, 6) is -0.649. The van der Waals surface area contributed by atoms with Crippen LogP contribution in [0.3, 0.4) is 0 Å². The molecule has 32 heavy (non-hydrogen) atoms. The fraction of sp³-hybridized carbons (Fsp3) is 0.357. The van der Waals surface area contributed by atoms with Crippen molar-refractivity contribution in [2.45, 2.75) is 46.0 Å². The minimum Gasteiger partial charge on any atom is -0.466 e. The predicted molar refractivity (Wildman–Crippen MR) is 127 cm³/mol. The first-order chi connectivity index (χ1) is 15.3. The van der Waals surface area contributed by atoms with Crippen LogP contribution in [0.5, 0.6) is 0 Å². The number of rotatable bonds is 4. The van der Waals surface area contributed by atoms with Crippen LogP contribution in [-0.4, -0.2) is 30.8 Å². The lowest BCUT2D eigenvalue weighted by atomic mass is 9.68. The molecule has 0 fully saturated rings. The number of hydrogen-bond donors (Lipinski definition) is 0. The van der Waals surface area contributed by atoms with Crippen LogP contribution in [0.25, 0.3) is 11.1 Å². The maximum absolute atomic E-state index is 13.5. The zero-order chi connectivity index (χ0) is 23.0. The summed E-state index contributed by atoms with van der Waals surface area (Å²) in [7, 11) is 3.38. The standard InChI is InChI=1S/C28H31NO3/c1-6-21-26(27(31)32-5)24(25-22(29(21)4)16-28(2,3)17-23(25)30)20-14-12-19(13-15-20)18-10-8-7-9-11-18/h7-15,24H,6,16-17H2,1-5H3. The van der Waals surface area contributed by atoms with Crippen LogP contribution < -0.4 is 0 Å². The van der Waals surface area contributed by atoms with E-state index in [1.54, 1.807) is 0 Å². The van der Waals surface area contributed by atoms with E-state index < -0.39 is 5.92 Å². The van der Waals surface area contributed by atoms with Gasteiger partial charge in [-0.25, -0.2) is 4.79 Å². The molecule has 1 atom stereocenters. The lowest BCUT2D eigenvalue weighted by Gasteiger charge is -2.44. The zero-order valence-electron chi connectivity index (χ0n) is 19.6. The third-order valence-corrected chi connectivity index (χ3v) is 6.69. The smallest absolute Gasteiger partial charge is 0.336 e. The number of esters is 1. The SMILES string of the molecule is CCC1=C(C(=O)OC)C(c2ccc(-c3ccccc3)cc2)C2=C(CC(C)(C)CC2=O)N1C. The largest absolute Gasteiger partial charge is 0.466 e. The minimum atomic E-state index is -0.406. The molecule has 1 aliphatic heterocycles. The van der Waals surface area contributed by atoms with Gasteiger partial charge in [0.15, 0.2) is 5.78 Å². The van der Waals surface area contributed by atoms with Crippen molar-refractivity contribution >= 4 is 11.8 Å². The summed E-state index contributed by atoms with van der Waals surface area (Å²) in [6.45, 7) is 6.32. The number of nitrogens with zero attached hydrogens (tertiary/aromatic N) is 1. The molecule has 0 bridgehead atoms. The molecule has 2 aliphatic rings. The fourth-order valence-electron chi connectivity index (χ4n) is 5.19. The van der Waals surface area contributed by atoms with Crippen molar-refractivity contribution in [3.63, 3.8) is 0 Å². The van der Waals surface area contributed by atoms with Crippen molar-refractivity contribution in [2.24, 2.45) is 5.41 Å². The van der Waals surface area contributed by atoms with E-state index in [9.17, 15) is 9.59 Å². The Kier molecular flexibility index (Phi) is 5.81. The van der Waals surface area contributed by atoms with Gasteiger partial charge in [-0.1, -0.05) is 75.4 Å². The number of allylic oxidation sites excluding steroid dienone is 3. The monoisotopic (exact) mass is 429 g/mol. The summed E-state index contributed by atoms with van der Waals surface area (Å²) in [6, 6.07) is 18.4. The quantitative estimate of drug-likeness (QED) is 0.571. The number of methoxy groups -OCH3 is 1. The molecule has 0 aromatic heterocycles. The van der Waals surface area contributed by atoms with Crippen molar-refractivity contribution in [1.82, 2.24) is 4.90 Å². The van der Waals surface area contributed by atoms with Crippen LogP contribution in [0.1, 0.15) is 51.5 Å². The summed E-state index contributed by atoms with van der Waals surface area (Å²) >= 11 is 0. The number of carbonyl (C=O) groups is 2. The molecule has 4 rings (SSSR count). The number of hydrogen-bond acceptors (Lipinski definition) is 4. The van der Waals surface area contributed by atoms with Crippen LogP contribution >= 0.6 is 0 Å². The van der Waals surface area contributed by atoms with Crippen molar-refractivity contribution in [1.29, 1.82) is 0 Å². The molecule has 1 unspecified atom stereocenters. The Morgan fingerprint density at radius 2 is 1.66 bits per heavy atom. The van der Waals surface area contributed by atoms with Crippen LogP contribution in [-0.2, 0) is 14.3 Å². The van der Waals surface area contributed by atoms with Gasteiger partial charge in [0.2, 0.25) is 0 Å². The normalized spacial score (nSPS) is 20.3. The van der Waals surface area contributed by atoms with E-state index >= 15 is 0 Å². The number of ketones is 1. The highest BCUT2D eigenvalue weighted by Gasteiger charge is 2.45. The lowest BCUT2D eigenvalue weighted by Crippen LogP contribution is -2.39. The van der Waals surface area contributed by atoms with Gasteiger partial charge >= 0.3 is 5.97 Å². The van der Waals surface area contributed by atoms with Crippen LogP contribution in [0.4, 0.5) is 0 Å². The molecule has 1 aliphatic carbocycles. The predicted octanol–water partition coefficient (Wildman–Crippen LogP) is 5.86. The first kappa shape index (κ1) is 22.1. The molecule has 4 nitrogen and oxygen atoms in total. The summed E-state index contributed by atoms with van der Waals surface area (Å²) in [4.78, 5) is 28.5. The van der Waals surface area contributed by atoms with E-state index in [4.69, 9.17) is 4.74 Å². The van der Waals surface area contributed by atoms with Gasteiger partial charge in [-0.2, -0.15) is 0 Å². The second-order valence-electron chi connectivity index (χ2n) is 9.49. The topological polar surface area (TPSA) is 46.6 Å². The highest BCUT2D eigenvalue weighted by molar-refractivity contribution is 6.04. The molecule has 0 N–H and O–H groups in total. The van der Waals surface area contributed by atoms with E-state index in [1.165, 1.54) is 7.11 Å². The molecule has 4 heteroatoms. The maximum Gasteiger partial charge on any atom is 0.336 e. The molecule has 2 aromatic rings. The Morgan fingerprint density at radius 3 is 2.25 bits per heavy atom. The molecule has 0 saturated carbocycles. The molecule has 0 amide bonds. The highest BCUT2D eigenvalue weighted by Crippen LogP contribution is 2.50. The van der Waals surface area contributed by atoms with Crippen LogP contribution in [0.2, 0.25) is 0 Å². The summed E-state index contributed by atoms with van der Waals surface area (Å²) in [5, 5.41) is 0. The Morgan fingerprint density at radius 1 is 1.03 bits per heavy atom. The maximum atomic E-state index is 13.5. The summed E-state index contributed by atoms with van der Waals surface area (Å²) in [5.41, 5.74) is 6.38. The lowest BCUT2D eigenvalue weighted by molar-refractivity contribution is -0.136.